The Morgan fingerprint density at radius 2 is 2.38 bits per heavy atom. The summed E-state index contributed by atoms with van der Waals surface area (Å²) in [5.74, 6) is -1.35. The van der Waals surface area contributed by atoms with Crippen LogP contribution in [0.5, 0.6) is 0 Å². The number of benzene rings is 1. The molecule has 0 fully saturated rings. The van der Waals surface area contributed by atoms with E-state index in [9.17, 15) is 9.82 Å². The van der Waals surface area contributed by atoms with Crippen LogP contribution in [-0.4, -0.2) is 23.2 Å². The smallest absolute Gasteiger partial charge is 0.481 e. The molecule has 1 atom stereocenters. The molecular weight excluding hydrogens is 207 g/mol. The zero-order chi connectivity index (χ0) is 11.7. The second-order valence-corrected chi connectivity index (χ2v) is 3.92. The highest BCUT2D eigenvalue weighted by molar-refractivity contribution is 6.61. The van der Waals surface area contributed by atoms with Crippen molar-refractivity contribution in [2.24, 2.45) is 0 Å². The van der Waals surface area contributed by atoms with Gasteiger partial charge in [-0.25, -0.2) is 0 Å². The van der Waals surface area contributed by atoms with Crippen LogP contribution in [-0.2, 0) is 16.1 Å². The van der Waals surface area contributed by atoms with Gasteiger partial charge in [0, 0.05) is 0 Å². The van der Waals surface area contributed by atoms with E-state index in [1.54, 1.807) is 12.1 Å². The van der Waals surface area contributed by atoms with Crippen LogP contribution in [0.15, 0.2) is 18.2 Å². The maximum Gasteiger partial charge on any atom is 0.491 e. The molecule has 0 aromatic heterocycles. The molecule has 0 amide bonds. The first-order valence-electron chi connectivity index (χ1n) is 5.28. The molecule has 0 spiro atoms. The molecule has 1 heterocycles. The Hall–Kier alpha value is -1.33. The van der Waals surface area contributed by atoms with Crippen molar-refractivity contribution in [3.05, 3.63) is 29.3 Å². The number of fused-ring (bicyclic) bond motifs is 1. The average molecular weight is 220 g/mol. The van der Waals surface area contributed by atoms with Crippen molar-refractivity contribution in [2.45, 2.75) is 25.9 Å². The molecule has 0 radical (unpaired) electrons. The summed E-state index contributed by atoms with van der Waals surface area (Å²) in [6.07, 6.45) is 0.533. The molecule has 1 aliphatic rings. The highest BCUT2D eigenvalue weighted by atomic mass is 16.5. The monoisotopic (exact) mass is 220 g/mol. The first-order chi connectivity index (χ1) is 7.63. The molecule has 0 saturated heterocycles. The van der Waals surface area contributed by atoms with Gasteiger partial charge < -0.3 is 14.8 Å². The topological polar surface area (TPSA) is 66.8 Å². The fraction of sp³-hybridized carbons (Fsp3) is 0.364. The van der Waals surface area contributed by atoms with Gasteiger partial charge >= 0.3 is 13.1 Å². The zero-order valence-electron chi connectivity index (χ0n) is 9.01. The van der Waals surface area contributed by atoms with Crippen LogP contribution >= 0.6 is 0 Å². The summed E-state index contributed by atoms with van der Waals surface area (Å²) in [7, 11) is -0.916. The number of hydrogen-bond donors (Lipinski definition) is 2. The standard InChI is InChI=1S/C11H13BO4/c1-2-9(11(13)14)7-3-4-8-6-16-12(15)10(8)5-7/h3-5,9,15H,2,6H2,1H3,(H,13,14). The third-order valence-corrected chi connectivity index (χ3v) is 2.94. The second kappa shape index (κ2) is 4.27. The van der Waals surface area contributed by atoms with Gasteiger partial charge in [0.15, 0.2) is 0 Å². The highest BCUT2D eigenvalue weighted by Crippen LogP contribution is 2.21. The molecule has 5 heteroatoms. The van der Waals surface area contributed by atoms with Crippen molar-refractivity contribution < 1.29 is 19.6 Å². The number of rotatable bonds is 3. The van der Waals surface area contributed by atoms with Crippen LogP contribution < -0.4 is 5.46 Å². The Bertz CT molecular complexity index is 418. The summed E-state index contributed by atoms with van der Waals surface area (Å²) < 4.78 is 5.06. The summed E-state index contributed by atoms with van der Waals surface area (Å²) in [6.45, 7) is 2.22. The Morgan fingerprint density at radius 3 is 3.00 bits per heavy atom. The largest absolute Gasteiger partial charge is 0.491 e. The fourth-order valence-corrected chi connectivity index (χ4v) is 2.00. The lowest BCUT2D eigenvalue weighted by Crippen LogP contribution is -2.29. The highest BCUT2D eigenvalue weighted by Gasteiger charge is 2.29. The van der Waals surface area contributed by atoms with Crippen LogP contribution in [0.2, 0.25) is 0 Å². The fourth-order valence-electron chi connectivity index (χ4n) is 2.00. The molecule has 1 aromatic rings. The number of carbonyl (C=O) groups is 1. The molecule has 0 aliphatic carbocycles. The summed E-state index contributed by atoms with van der Waals surface area (Å²) >= 11 is 0. The van der Waals surface area contributed by atoms with Crippen molar-refractivity contribution in [1.29, 1.82) is 0 Å². The van der Waals surface area contributed by atoms with Crippen molar-refractivity contribution in [3.63, 3.8) is 0 Å². The summed E-state index contributed by atoms with van der Waals surface area (Å²) in [6, 6.07) is 5.35. The van der Waals surface area contributed by atoms with Crippen molar-refractivity contribution in [2.75, 3.05) is 0 Å². The van der Waals surface area contributed by atoms with Gasteiger partial charge in [0.05, 0.1) is 12.5 Å². The van der Waals surface area contributed by atoms with Gasteiger partial charge in [-0.15, -0.1) is 0 Å². The molecule has 16 heavy (non-hydrogen) atoms. The van der Waals surface area contributed by atoms with Crippen molar-refractivity contribution in [1.82, 2.24) is 0 Å². The maximum absolute atomic E-state index is 11.0. The number of hydrogen-bond acceptors (Lipinski definition) is 3. The predicted molar refractivity (Wildman–Crippen MR) is 59.5 cm³/mol. The Balaban J connectivity index is 2.37. The van der Waals surface area contributed by atoms with Gasteiger partial charge in [0.25, 0.3) is 0 Å². The summed E-state index contributed by atoms with van der Waals surface area (Å²) in [5.41, 5.74) is 2.34. The lowest BCUT2D eigenvalue weighted by Gasteiger charge is -2.11. The molecule has 2 rings (SSSR count). The van der Waals surface area contributed by atoms with Gasteiger partial charge in [-0.3, -0.25) is 4.79 Å². The Labute approximate surface area is 94.0 Å². The third-order valence-electron chi connectivity index (χ3n) is 2.94. The molecule has 1 aromatic carbocycles. The quantitative estimate of drug-likeness (QED) is 0.727. The molecule has 4 nitrogen and oxygen atoms in total. The summed E-state index contributed by atoms with van der Waals surface area (Å²) in [4.78, 5) is 11.0. The average Bonchev–Trinajstić information content (AvgIpc) is 2.61. The van der Waals surface area contributed by atoms with Crippen molar-refractivity contribution >= 4 is 18.6 Å². The van der Waals surface area contributed by atoms with E-state index in [4.69, 9.17) is 9.76 Å². The first-order valence-corrected chi connectivity index (χ1v) is 5.28. The predicted octanol–water partition coefficient (Wildman–Crippen LogP) is 0.482. The minimum absolute atomic E-state index is 0.390. The van der Waals surface area contributed by atoms with Crippen molar-refractivity contribution in [3.8, 4) is 0 Å². The van der Waals surface area contributed by atoms with E-state index in [-0.39, 0.29) is 0 Å². The molecule has 84 valence electrons. The van der Waals surface area contributed by atoms with Gasteiger partial charge in [-0.2, -0.15) is 0 Å². The van der Waals surface area contributed by atoms with Gasteiger partial charge in [0.2, 0.25) is 0 Å². The van der Waals surface area contributed by atoms with E-state index >= 15 is 0 Å². The zero-order valence-corrected chi connectivity index (χ0v) is 9.01. The normalized spacial score (nSPS) is 16.0. The van der Waals surface area contributed by atoms with Gasteiger partial charge in [0.1, 0.15) is 0 Å². The van der Waals surface area contributed by atoms with E-state index in [2.05, 4.69) is 0 Å². The van der Waals surface area contributed by atoms with Gasteiger partial charge in [-0.05, 0) is 23.0 Å². The molecule has 0 bridgehead atoms. The van der Waals surface area contributed by atoms with E-state index in [0.29, 0.717) is 18.5 Å². The van der Waals surface area contributed by atoms with Crippen LogP contribution in [0.1, 0.15) is 30.4 Å². The second-order valence-electron chi connectivity index (χ2n) is 3.92. The van der Waals surface area contributed by atoms with E-state index < -0.39 is 19.0 Å². The van der Waals surface area contributed by atoms with Crippen LogP contribution in [0.3, 0.4) is 0 Å². The SMILES string of the molecule is CCC(C(=O)O)c1ccc2c(c1)B(O)OC2. The molecule has 1 unspecified atom stereocenters. The molecule has 2 N–H and O–H groups in total. The third kappa shape index (κ3) is 1.84. The van der Waals surface area contributed by atoms with E-state index in [0.717, 1.165) is 11.1 Å². The molecular formula is C11H13BO4. The number of carboxylic acids is 1. The number of aliphatic carboxylic acids is 1. The Morgan fingerprint density at radius 1 is 1.62 bits per heavy atom. The van der Waals surface area contributed by atoms with E-state index in [1.807, 2.05) is 13.0 Å². The molecule has 1 aliphatic heterocycles. The summed E-state index contributed by atoms with van der Waals surface area (Å²) in [5, 5.41) is 18.6. The molecule has 0 saturated carbocycles. The lowest BCUT2D eigenvalue weighted by molar-refractivity contribution is -0.138. The minimum atomic E-state index is -0.916. The van der Waals surface area contributed by atoms with Crippen LogP contribution in [0.25, 0.3) is 0 Å². The van der Waals surface area contributed by atoms with E-state index in [1.165, 1.54) is 0 Å². The minimum Gasteiger partial charge on any atom is -0.481 e. The maximum atomic E-state index is 11.0. The lowest BCUT2D eigenvalue weighted by atomic mass is 9.77. The van der Waals surface area contributed by atoms with Crippen LogP contribution in [0.4, 0.5) is 0 Å². The van der Waals surface area contributed by atoms with Gasteiger partial charge in [-0.1, -0.05) is 25.1 Å². The first kappa shape index (κ1) is 11.2. The Kier molecular flexibility index (Phi) is 2.98. The number of carboxylic acid groups (broad SMARTS) is 1. The van der Waals surface area contributed by atoms with Crippen LogP contribution in [0, 0.1) is 0 Å².